The number of nitrogens with zero attached hydrogens (tertiary/aromatic N) is 1. The molecule has 3 radical (unpaired) electrons. The Morgan fingerprint density at radius 3 is 3.00 bits per heavy atom. The summed E-state index contributed by atoms with van der Waals surface area (Å²) < 4.78 is 2.40. The summed E-state index contributed by atoms with van der Waals surface area (Å²) in [6.45, 7) is 2.19. The third-order valence-corrected chi connectivity index (χ3v) is 3.17. The second kappa shape index (κ2) is 4.73. The number of hydrogen-bond donors (Lipinski definition) is 1. The summed E-state index contributed by atoms with van der Waals surface area (Å²) in [5.74, 6) is 0. The smallest absolute Gasteiger partial charge is 0.224 e. The minimum Gasteiger partial charge on any atom is -0.224 e. The van der Waals surface area contributed by atoms with E-state index in [9.17, 15) is 0 Å². The van der Waals surface area contributed by atoms with Gasteiger partial charge in [0.1, 0.15) is 12.2 Å². The molecule has 15 heavy (non-hydrogen) atoms. The van der Waals surface area contributed by atoms with E-state index in [1.807, 2.05) is 0 Å². The summed E-state index contributed by atoms with van der Waals surface area (Å²) in [7, 11) is 5.71. The molecule has 1 aliphatic rings. The predicted octanol–water partition coefficient (Wildman–Crippen LogP) is 0.364. The van der Waals surface area contributed by atoms with Crippen molar-refractivity contribution < 1.29 is 9.48 Å². The summed E-state index contributed by atoms with van der Waals surface area (Å²) in [5, 5.41) is 0. The van der Waals surface area contributed by atoms with Crippen LogP contribution in [0.25, 0.3) is 0 Å². The predicted molar refractivity (Wildman–Crippen MR) is 63.1 cm³/mol. The van der Waals surface area contributed by atoms with Gasteiger partial charge in [0.05, 0.1) is 12.6 Å². The third kappa shape index (κ3) is 2.36. The fraction of sp³-hybridized carbons (Fsp3) is 0.417. The zero-order chi connectivity index (χ0) is 10.7. The van der Waals surface area contributed by atoms with E-state index in [0.717, 1.165) is 19.1 Å². The Kier molecular flexibility index (Phi) is 3.33. The first-order chi connectivity index (χ1) is 7.31. The van der Waals surface area contributed by atoms with E-state index < -0.39 is 0 Å². The van der Waals surface area contributed by atoms with E-state index in [1.54, 1.807) is 0 Å². The molecule has 1 N–H and O–H groups in total. The second-order valence-electron chi connectivity index (χ2n) is 4.04. The lowest BCUT2D eigenvalue weighted by molar-refractivity contribution is -0.751. The van der Waals surface area contributed by atoms with Crippen LogP contribution < -0.4 is 4.90 Å². The van der Waals surface area contributed by atoms with Gasteiger partial charge >= 0.3 is 6.34 Å². The number of benzene rings is 1. The first-order valence-electron chi connectivity index (χ1n) is 5.46. The highest BCUT2D eigenvalue weighted by atomic mass is 28.1. The van der Waals surface area contributed by atoms with E-state index in [4.69, 9.17) is 0 Å². The minimum absolute atomic E-state index is 1.06. The van der Waals surface area contributed by atoms with E-state index in [2.05, 4.69) is 52.5 Å². The summed E-state index contributed by atoms with van der Waals surface area (Å²) in [6.07, 6.45) is 3.48. The SMILES string of the molecule is C[NH+]1C=[N+](CCC[Si])Cc2ccccc21. The molecule has 1 aliphatic heterocycles. The van der Waals surface area contributed by atoms with Crippen molar-refractivity contribution in [3.05, 3.63) is 29.8 Å². The highest BCUT2D eigenvalue weighted by Gasteiger charge is 2.23. The molecule has 0 saturated heterocycles. The molecule has 1 heterocycles. The minimum atomic E-state index is 1.06. The van der Waals surface area contributed by atoms with Crippen LogP contribution >= 0.6 is 0 Å². The topological polar surface area (TPSA) is 7.45 Å². The van der Waals surface area contributed by atoms with Crippen molar-refractivity contribution in [3.8, 4) is 0 Å². The van der Waals surface area contributed by atoms with Crippen molar-refractivity contribution >= 4 is 22.3 Å². The van der Waals surface area contributed by atoms with Crippen LogP contribution in [-0.4, -0.2) is 34.7 Å². The Morgan fingerprint density at radius 2 is 2.20 bits per heavy atom. The maximum absolute atomic E-state index is 3.52. The van der Waals surface area contributed by atoms with Gasteiger partial charge in [-0.2, -0.15) is 4.58 Å². The maximum atomic E-state index is 3.52. The summed E-state index contributed by atoms with van der Waals surface area (Å²) in [5.41, 5.74) is 2.86. The van der Waals surface area contributed by atoms with Crippen LogP contribution in [0.3, 0.4) is 0 Å². The quantitative estimate of drug-likeness (QED) is 0.552. The van der Waals surface area contributed by atoms with Crippen molar-refractivity contribution in [1.82, 2.24) is 0 Å². The van der Waals surface area contributed by atoms with Crippen molar-refractivity contribution in [1.29, 1.82) is 0 Å². The van der Waals surface area contributed by atoms with Gasteiger partial charge in [-0.15, -0.1) is 0 Å². The average Bonchev–Trinajstić information content (AvgIpc) is 2.26. The molecule has 2 rings (SSSR count). The zero-order valence-electron chi connectivity index (χ0n) is 9.16. The van der Waals surface area contributed by atoms with E-state index in [0.29, 0.717) is 0 Å². The van der Waals surface area contributed by atoms with Crippen molar-refractivity contribution in [3.63, 3.8) is 0 Å². The number of para-hydroxylation sites is 1. The Balaban J connectivity index is 2.16. The lowest BCUT2D eigenvalue weighted by Crippen LogP contribution is -3.04. The Bertz CT molecular complexity index is 374. The molecule has 0 fully saturated rings. The lowest BCUT2D eigenvalue weighted by atomic mass is 10.1. The van der Waals surface area contributed by atoms with E-state index >= 15 is 0 Å². The maximum Gasteiger partial charge on any atom is 0.330 e. The molecule has 1 unspecified atom stereocenters. The molecule has 0 amide bonds. The highest BCUT2D eigenvalue weighted by molar-refractivity contribution is 6.08. The van der Waals surface area contributed by atoms with Crippen molar-refractivity contribution in [2.45, 2.75) is 19.0 Å². The number of fused-ring (bicyclic) bond motifs is 1. The number of hydrogen-bond acceptors (Lipinski definition) is 0. The lowest BCUT2D eigenvalue weighted by Gasteiger charge is -2.16. The van der Waals surface area contributed by atoms with Crippen LogP contribution in [-0.2, 0) is 6.54 Å². The molecule has 0 spiro atoms. The Labute approximate surface area is 94.7 Å². The molecule has 3 heteroatoms. The van der Waals surface area contributed by atoms with E-state index in [1.165, 1.54) is 22.6 Å². The second-order valence-corrected chi connectivity index (χ2v) is 4.54. The van der Waals surface area contributed by atoms with Gasteiger partial charge in [0, 0.05) is 22.7 Å². The molecule has 0 bridgehead atoms. The van der Waals surface area contributed by atoms with Crippen LogP contribution in [0.4, 0.5) is 5.69 Å². The van der Waals surface area contributed by atoms with Gasteiger partial charge in [0.15, 0.2) is 6.54 Å². The zero-order valence-corrected chi connectivity index (χ0v) is 10.2. The molecule has 1 aromatic rings. The van der Waals surface area contributed by atoms with Crippen LogP contribution in [0.5, 0.6) is 0 Å². The van der Waals surface area contributed by atoms with Crippen molar-refractivity contribution in [2.75, 3.05) is 13.6 Å². The molecular formula is C12H17N2Si+2. The number of rotatable bonds is 3. The summed E-state index contributed by atoms with van der Waals surface area (Å²) in [4.78, 5) is 1.38. The van der Waals surface area contributed by atoms with Gasteiger partial charge in [-0.05, 0) is 6.07 Å². The summed E-state index contributed by atoms with van der Waals surface area (Å²) in [6, 6.07) is 9.75. The van der Waals surface area contributed by atoms with Crippen LogP contribution in [0.15, 0.2) is 24.3 Å². The summed E-state index contributed by atoms with van der Waals surface area (Å²) >= 11 is 0. The highest BCUT2D eigenvalue weighted by Crippen LogP contribution is 2.13. The van der Waals surface area contributed by atoms with Gasteiger partial charge in [-0.1, -0.05) is 18.2 Å². The number of quaternary nitrogens is 1. The largest absolute Gasteiger partial charge is 0.330 e. The molecule has 1 atom stereocenters. The average molecular weight is 217 g/mol. The third-order valence-electron chi connectivity index (χ3n) is 2.81. The molecule has 1 aromatic carbocycles. The normalized spacial score (nSPS) is 19.6. The Morgan fingerprint density at radius 1 is 1.40 bits per heavy atom. The molecule has 0 saturated carbocycles. The standard InChI is InChI=1S/C12H16N2Si/c1-13-10-14(7-4-8-15)9-11-5-2-3-6-12(11)13/h2-3,5-6,10H,4,7-9H2,1H3/q+1/p+1. The van der Waals surface area contributed by atoms with E-state index in [-0.39, 0.29) is 0 Å². The van der Waals surface area contributed by atoms with Gasteiger partial charge in [-0.3, -0.25) is 0 Å². The van der Waals surface area contributed by atoms with Crippen LogP contribution in [0.2, 0.25) is 6.04 Å². The van der Waals surface area contributed by atoms with Crippen LogP contribution in [0, 0.1) is 0 Å². The molecule has 77 valence electrons. The first-order valence-corrected chi connectivity index (χ1v) is 6.17. The molecule has 2 nitrogen and oxygen atoms in total. The fourth-order valence-electron chi connectivity index (χ4n) is 2.08. The Hall–Kier alpha value is -0.933. The molecule has 0 aromatic heterocycles. The van der Waals surface area contributed by atoms with Gasteiger partial charge in [0.2, 0.25) is 0 Å². The first kappa shape index (κ1) is 10.6. The molecule has 0 aliphatic carbocycles. The van der Waals surface area contributed by atoms with Gasteiger partial charge in [0.25, 0.3) is 0 Å². The number of nitrogens with one attached hydrogen (secondary N) is 1. The van der Waals surface area contributed by atoms with Gasteiger partial charge < -0.3 is 0 Å². The fourth-order valence-corrected chi connectivity index (χ4v) is 2.23. The monoisotopic (exact) mass is 217 g/mol. The van der Waals surface area contributed by atoms with Gasteiger partial charge in [-0.25, -0.2) is 4.90 Å². The molecular weight excluding hydrogens is 200 g/mol. The van der Waals surface area contributed by atoms with Crippen LogP contribution in [0.1, 0.15) is 12.0 Å². The van der Waals surface area contributed by atoms with Crippen molar-refractivity contribution in [2.24, 2.45) is 0 Å².